The number of benzene rings is 6. The predicted octanol–water partition coefficient (Wildman–Crippen LogP) is 10.8. The predicted molar refractivity (Wildman–Crippen MR) is 161 cm³/mol. The van der Waals surface area contributed by atoms with E-state index in [1.807, 2.05) is 0 Å². The van der Waals surface area contributed by atoms with Gasteiger partial charge in [-0.15, -0.1) is 0 Å². The SMILES string of the molecule is Brc1cccc(-c2cc(-c3ccccc3)cc(-c3cccc(-c4ccc(-c5ccccc5)cc4)c3)c2)c1. The van der Waals surface area contributed by atoms with Gasteiger partial charge in [-0.05, 0) is 92.0 Å². The molecule has 0 spiro atoms. The summed E-state index contributed by atoms with van der Waals surface area (Å²) in [5.74, 6) is 0. The first-order valence-corrected chi connectivity index (χ1v) is 13.2. The molecule has 6 rings (SSSR count). The Kier molecular flexibility index (Phi) is 6.54. The molecule has 0 N–H and O–H groups in total. The van der Waals surface area contributed by atoms with E-state index in [1.54, 1.807) is 0 Å². The van der Waals surface area contributed by atoms with Gasteiger partial charge in [0, 0.05) is 4.47 Å². The van der Waals surface area contributed by atoms with E-state index in [4.69, 9.17) is 0 Å². The summed E-state index contributed by atoms with van der Waals surface area (Å²) in [5, 5.41) is 0. The summed E-state index contributed by atoms with van der Waals surface area (Å²) in [6.45, 7) is 0. The van der Waals surface area contributed by atoms with E-state index in [0.29, 0.717) is 0 Å². The fourth-order valence-electron chi connectivity index (χ4n) is 4.79. The maximum atomic E-state index is 3.64. The Morgan fingerprint density at radius 2 is 0.568 bits per heavy atom. The van der Waals surface area contributed by atoms with E-state index < -0.39 is 0 Å². The lowest BCUT2D eigenvalue weighted by atomic mass is 9.92. The van der Waals surface area contributed by atoms with Crippen molar-refractivity contribution in [2.45, 2.75) is 0 Å². The number of rotatable bonds is 5. The van der Waals surface area contributed by atoms with Crippen molar-refractivity contribution in [3.8, 4) is 55.6 Å². The summed E-state index contributed by atoms with van der Waals surface area (Å²) in [6.07, 6.45) is 0. The number of halogens is 1. The van der Waals surface area contributed by atoms with Gasteiger partial charge in [-0.1, -0.05) is 131 Å². The van der Waals surface area contributed by atoms with Crippen LogP contribution in [0.5, 0.6) is 0 Å². The average Bonchev–Trinajstić information content (AvgIpc) is 2.98. The van der Waals surface area contributed by atoms with E-state index in [0.717, 1.165) is 4.47 Å². The van der Waals surface area contributed by atoms with Crippen LogP contribution in [-0.4, -0.2) is 0 Å². The van der Waals surface area contributed by atoms with Gasteiger partial charge in [0.2, 0.25) is 0 Å². The molecular weight excluding hydrogens is 512 g/mol. The summed E-state index contributed by atoms with van der Waals surface area (Å²) in [7, 11) is 0. The Balaban J connectivity index is 1.42. The highest BCUT2D eigenvalue weighted by molar-refractivity contribution is 9.10. The van der Waals surface area contributed by atoms with Crippen LogP contribution in [0.4, 0.5) is 0 Å². The largest absolute Gasteiger partial charge is 0.0622 e. The zero-order valence-corrected chi connectivity index (χ0v) is 21.9. The zero-order valence-electron chi connectivity index (χ0n) is 20.3. The molecule has 6 aromatic carbocycles. The molecule has 176 valence electrons. The summed E-state index contributed by atoms with van der Waals surface area (Å²) in [4.78, 5) is 0. The molecule has 0 amide bonds. The molecule has 0 bridgehead atoms. The average molecular weight is 538 g/mol. The van der Waals surface area contributed by atoms with E-state index >= 15 is 0 Å². The van der Waals surface area contributed by atoms with Gasteiger partial charge in [0.25, 0.3) is 0 Å². The maximum absolute atomic E-state index is 3.64. The van der Waals surface area contributed by atoms with Gasteiger partial charge in [-0.3, -0.25) is 0 Å². The fourth-order valence-corrected chi connectivity index (χ4v) is 5.19. The van der Waals surface area contributed by atoms with Crippen LogP contribution in [0.15, 0.2) is 156 Å². The van der Waals surface area contributed by atoms with Gasteiger partial charge in [0.1, 0.15) is 0 Å². The highest BCUT2D eigenvalue weighted by Gasteiger charge is 2.09. The van der Waals surface area contributed by atoms with Crippen molar-refractivity contribution in [2.75, 3.05) is 0 Å². The molecule has 37 heavy (non-hydrogen) atoms. The van der Waals surface area contributed by atoms with Crippen LogP contribution >= 0.6 is 15.9 Å². The lowest BCUT2D eigenvalue weighted by Crippen LogP contribution is -1.87. The molecule has 6 aromatic rings. The maximum Gasteiger partial charge on any atom is 0.0181 e. The molecule has 0 fully saturated rings. The molecule has 0 aliphatic carbocycles. The minimum atomic E-state index is 1.08. The van der Waals surface area contributed by atoms with Crippen molar-refractivity contribution in [1.82, 2.24) is 0 Å². The first-order chi connectivity index (χ1) is 18.2. The van der Waals surface area contributed by atoms with Crippen LogP contribution in [0, 0.1) is 0 Å². The van der Waals surface area contributed by atoms with Crippen molar-refractivity contribution in [1.29, 1.82) is 0 Å². The minimum Gasteiger partial charge on any atom is -0.0622 e. The quantitative estimate of drug-likeness (QED) is 0.205. The van der Waals surface area contributed by atoms with Crippen molar-refractivity contribution in [2.24, 2.45) is 0 Å². The molecule has 0 unspecified atom stereocenters. The van der Waals surface area contributed by atoms with Crippen molar-refractivity contribution < 1.29 is 0 Å². The lowest BCUT2D eigenvalue weighted by molar-refractivity contribution is 1.55. The molecule has 0 saturated carbocycles. The summed E-state index contributed by atoms with van der Waals surface area (Å²) >= 11 is 3.64. The smallest absolute Gasteiger partial charge is 0.0181 e. The Hall–Kier alpha value is -4.20. The second-order valence-corrected chi connectivity index (χ2v) is 10.1. The van der Waals surface area contributed by atoms with E-state index in [-0.39, 0.29) is 0 Å². The van der Waals surface area contributed by atoms with Crippen molar-refractivity contribution >= 4 is 15.9 Å². The standard InChI is InChI=1S/C36H25Br/c37-36-16-8-15-32(25-36)35-23-33(27-11-5-2-6-12-27)22-34(24-35)31-14-7-13-30(21-31)29-19-17-28(18-20-29)26-9-3-1-4-10-26/h1-25H. The molecule has 0 nitrogen and oxygen atoms in total. The molecule has 0 heterocycles. The van der Waals surface area contributed by atoms with E-state index in [2.05, 4.69) is 168 Å². The van der Waals surface area contributed by atoms with Gasteiger partial charge >= 0.3 is 0 Å². The summed E-state index contributed by atoms with van der Waals surface area (Å²) in [6, 6.07) is 54.2. The van der Waals surface area contributed by atoms with Gasteiger partial charge < -0.3 is 0 Å². The molecule has 0 aromatic heterocycles. The van der Waals surface area contributed by atoms with Crippen LogP contribution in [-0.2, 0) is 0 Å². The molecule has 0 aliphatic rings. The Labute approximate surface area is 227 Å². The Bertz CT molecular complexity index is 1650. The van der Waals surface area contributed by atoms with Crippen LogP contribution in [0.1, 0.15) is 0 Å². The summed E-state index contributed by atoms with van der Waals surface area (Å²) in [5.41, 5.74) is 12.1. The Morgan fingerprint density at radius 1 is 0.243 bits per heavy atom. The van der Waals surface area contributed by atoms with Gasteiger partial charge in [-0.2, -0.15) is 0 Å². The molecule has 0 radical (unpaired) electrons. The summed E-state index contributed by atoms with van der Waals surface area (Å²) < 4.78 is 1.08. The molecular formula is C36H25Br. The minimum absolute atomic E-state index is 1.08. The van der Waals surface area contributed by atoms with Gasteiger partial charge in [0.05, 0.1) is 0 Å². The highest BCUT2D eigenvalue weighted by Crippen LogP contribution is 2.35. The fraction of sp³-hybridized carbons (Fsp3) is 0. The van der Waals surface area contributed by atoms with Crippen LogP contribution in [0.3, 0.4) is 0 Å². The first kappa shape index (κ1) is 23.2. The van der Waals surface area contributed by atoms with Crippen LogP contribution in [0.25, 0.3) is 55.6 Å². The van der Waals surface area contributed by atoms with Crippen LogP contribution in [0.2, 0.25) is 0 Å². The number of hydrogen-bond acceptors (Lipinski definition) is 0. The highest BCUT2D eigenvalue weighted by atomic mass is 79.9. The van der Waals surface area contributed by atoms with Gasteiger partial charge in [-0.25, -0.2) is 0 Å². The van der Waals surface area contributed by atoms with E-state index in [1.165, 1.54) is 55.6 Å². The van der Waals surface area contributed by atoms with Crippen molar-refractivity contribution in [3.05, 3.63) is 156 Å². The third kappa shape index (κ3) is 5.18. The second-order valence-electron chi connectivity index (χ2n) is 9.20. The third-order valence-corrected chi connectivity index (χ3v) is 7.21. The molecule has 0 saturated heterocycles. The molecule has 1 heteroatoms. The van der Waals surface area contributed by atoms with Crippen LogP contribution < -0.4 is 0 Å². The molecule has 0 aliphatic heterocycles. The Morgan fingerprint density at radius 3 is 1.11 bits per heavy atom. The first-order valence-electron chi connectivity index (χ1n) is 12.5. The van der Waals surface area contributed by atoms with Gasteiger partial charge in [0.15, 0.2) is 0 Å². The monoisotopic (exact) mass is 536 g/mol. The topological polar surface area (TPSA) is 0 Å². The molecule has 0 atom stereocenters. The normalized spacial score (nSPS) is 10.8. The zero-order chi connectivity index (χ0) is 25.0. The second kappa shape index (κ2) is 10.4. The lowest BCUT2D eigenvalue weighted by Gasteiger charge is -2.13. The number of hydrogen-bond donors (Lipinski definition) is 0. The van der Waals surface area contributed by atoms with E-state index in [9.17, 15) is 0 Å². The third-order valence-electron chi connectivity index (χ3n) is 6.72. The van der Waals surface area contributed by atoms with Crippen molar-refractivity contribution in [3.63, 3.8) is 0 Å².